The number of thioether (sulfide) groups is 1. The van der Waals surface area contributed by atoms with Crippen LogP contribution in [-0.2, 0) is 11.2 Å². The lowest BCUT2D eigenvalue weighted by molar-refractivity contribution is -0.122. The van der Waals surface area contributed by atoms with Crippen LogP contribution in [0, 0.1) is 11.3 Å². The largest absolute Gasteiger partial charge is 0.337 e. The molecule has 1 N–H and O–H groups in total. The van der Waals surface area contributed by atoms with Crippen molar-refractivity contribution < 1.29 is 4.79 Å². The van der Waals surface area contributed by atoms with Gasteiger partial charge in [0.05, 0.1) is 6.07 Å². The van der Waals surface area contributed by atoms with Crippen molar-refractivity contribution in [1.82, 2.24) is 5.32 Å². The molecule has 3 nitrogen and oxygen atoms in total. The van der Waals surface area contributed by atoms with E-state index in [-0.39, 0.29) is 5.91 Å². The number of benzene rings is 1. The molecule has 0 aromatic heterocycles. The van der Waals surface area contributed by atoms with Crippen LogP contribution >= 0.6 is 11.8 Å². The molecule has 0 unspecified atom stereocenters. The molecule has 4 heteroatoms. The first-order valence-corrected chi connectivity index (χ1v) is 8.76. The summed E-state index contributed by atoms with van der Waals surface area (Å²) in [7, 11) is 0. The van der Waals surface area contributed by atoms with Gasteiger partial charge in [0.1, 0.15) is 5.54 Å². The molecule has 0 radical (unpaired) electrons. The molecule has 2 aliphatic rings. The zero-order valence-electron chi connectivity index (χ0n) is 12.1. The van der Waals surface area contributed by atoms with Crippen LogP contribution in [0.1, 0.15) is 42.7 Å². The number of carbonyl (C=O) groups excluding carboxylic acids is 1. The van der Waals surface area contributed by atoms with Gasteiger partial charge in [0.2, 0.25) is 5.91 Å². The minimum absolute atomic E-state index is 0.0285. The maximum absolute atomic E-state index is 12.4. The molecule has 2 atom stereocenters. The quantitative estimate of drug-likeness (QED) is 0.933. The number of hydrogen-bond donors (Lipinski definition) is 1. The van der Waals surface area contributed by atoms with Gasteiger partial charge in [-0.15, -0.1) is 0 Å². The van der Waals surface area contributed by atoms with E-state index in [9.17, 15) is 10.1 Å². The standard InChI is InChI=1S/C17H20N2OS/c18-11-17(8-9-21-12-17)19-16(20)10-14-6-3-5-13-4-1-2-7-15(13)14/h1-2,4,7,14H,3,5-6,8-10,12H2,(H,19,20)/t14-,17+/m0/s1. The zero-order valence-corrected chi connectivity index (χ0v) is 12.9. The number of aryl methyl sites for hydroxylation is 1. The highest BCUT2D eigenvalue weighted by Gasteiger charge is 2.36. The van der Waals surface area contributed by atoms with Gasteiger partial charge in [-0.05, 0) is 48.5 Å². The topological polar surface area (TPSA) is 52.9 Å². The summed E-state index contributed by atoms with van der Waals surface area (Å²) in [6.07, 6.45) is 4.60. The van der Waals surface area contributed by atoms with Crippen molar-refractivity contribution in [3.05, 3.63) is 35.4 Å². The Bertz CT molecular complexity index is 572. The Kier molecular flexibility index (Phi) is 4.21. The lowest BCUT2D eigenvalue weighted by Crippen LogP contribution is -2.47. The number of hydrogen-bond acceptors (Lipinski definition) is 3. The summed E-state index contributed by atoms with van der Waals surface area (Å²) in [6.45, 7) is 0. The highest BCUT2D eigenvalue weighted by molar-refractivity contribution is 7.99. The highest BCUT2D eigenvalue weighted by Crippen LogP contribution is 2.34. The minimum atomic E-state index is -0.629. The normalized spacial score (nSPS) is 27.7. The highest BCUT2D eigenvalue weighted by atomic mass is 32.2. The Morgan fingerprint density at radius 2 is 2.33 bits per heavy atom. The molecule has 0 spiro atoms. The minimum Gasteiger partial charge on any atom is -0.337 e. The van der Waals surface area contributed by atoms with E-state index in [0.29, 0.717) is 12.3 Å². The molecule has 3 rings (SSSR count). The predicted molar refractivity (Wildman–Crippen MR) is 85.2 cm³/mol. The smallest absolute Gasteiger partial charge is 0.221 e. The average Bonchev–Trinajstić information content (AvgIpc) is 2.96. The van der Waals surface area contributed by atoms with E-state index in [1.165, 1.54) is 11.1 Å². The molecule has 1 aromatic rings. The van der Waals surface area contributed by atoms with Crippen LogP contribution in [-0.4, -0.2) is 23.0 Å². The molecule has 21 heavy (non-hydrogen) atoms. The average molecular weight is 300 g/mol. The number of nitriles is 1. The van der Waals surface area contributed by atoms with E-state index in [1.54, 1.807) is 11.8 Å². The molecule has 1 amide bonds. The van der Waals surface area contributed by atoms with Gasteiger partial charge in [0.15, 0.2) is 0 Å². The van der Waals surface area contributed by atoms with E-state index in [2.05, 4.69) is 35.7 Å². The third kappa shape index (κ3) is 3.08. The van der Waals surface area contributed by atoms with Crippen LogP contribution in [0.2, 0.25) is 0 Å². The fourth-order valence-electron chi connectivity index (χ4n) is 3.39. The Morgan fingerprint density at radius 1 is 1.48 bits per heavy atom. The van der Waals surface area contributed by atoms with Gasteiger partial charge in [0.25, 0.3) is 0 Å². The van der Waals surface area contributed by atoms with Gasteiger partial charge in [0, 0.05) is 12.2 Å². The summed E-state index contributed by atoms with van der Waals surface area (Å²) < 4.78 is 0. The summed E-state index contributed by atoms with van der Waals surface area (Å²) >= 11 is 1.75. The molecule has 1 saturated heterocycles. The van der Waals surface area contributed by atoms with E-state index >= 15 is 0 Å². The maximum atomic E-state index is 12.4. The van der Waals surface area contributed by atoms with Crippen molar-refractivity contribution in [3.63, 3.8) is 0 Å². The second-order valence-electron chi connectivity index (χ2n) is 6.04. The van der Waals surface area contributed by atoms with Gasteiger partial charge in [-0.25, -0.2) is 0 Å². The first-order valence-electron chi connectivity index (χ1n) is 7.60. The van der Waals surface area contributed by atoms with Crippen molar-refractivity contribution in [2.75, 3.05) is 11.5 Å². The van der Waals surface area contributed by atoms with Gasteiger partial charge in [-0.2, -0.15) is 17.0 Å². The Hall–Kier alpha value is -1.47. The molecule has 0 bridgehead atoms. The van der Waals surface area contributed by atoms with Crippen LogP contribution in [0.15, 0.2) is 24.3 Å². The fraction of sp³-hybridized carbons (Fsp3) is 0.529. The van der Waals surface area contributed by atoms with Gasteiger partial charge in [-0.3, -0.25) is 4.79 Å². The lowest BCUT2D eigenvalue weighted by atomic mass is 9.81. The molecular weight excluding hydrogens is 280 g/mol. The van der Waals surface area contributed by atoms with Gasteiger partial charge < -0.3 is 5.32 Å². The molecule has 110 valence electrons. The molecule has 1 heterocycles. The van der Waals surface area contributed by atoms with Gasteiger partial charge >= 0.3 is 0 Å². The number of amides is 1. The van der Waals surface area contributed by atoms with E-state index < -0.39 is 5.54 Å². The van der Waals surface area contributed by atoms with Crippen molar-refractivity contribution in [2.24, 2.45) is 0 Å². The molecule has 0 saturated carbocycles. The van der Waals surface area contributed by atoms with Crippen molar-refractivity contribution in [1.29, 1.82) is 5.26 Å². The van der Waals surface area contributed by atoms with Crippen LogP contribution in [0.3, 0.4) is 0 Å². The number of nitrogens with one attached hydrogen (secondary N) is 1. The second-order valence-corrected chi connectivity index (χ2v) is 7.14. The van der Waals surface area contributed by atoms with Crippen LogP contribution in [0.5, 0.6) is 0 Å². The second kappa shape index (κ2) is 6.11. The van der Waals surface area contributed by atoms with Crippen LogP contribution in [0.25, 0.3) is 0 Å². The number of nitrogens with zero attached hydrogens (tertiary/aromatic N) is 1. The van der Waals surface area contributed by atoms with Crippen molar-refractivity contribution in [3.8, 4) is 6.07 Å². The maximum Gasteiger partial charge on any atom is 0.221 e. The van der Waals surface area contributed by atoms with Crippen molar-refractivity contribution in [2.45, 2.75) is 43.6 Å². The number of fused-ring (bicyclic) bond motifs is 1. The molecule has 1 aromatic carbocycles. The SMILES string of the molecule is N#C[C@]1(NC(=O)C[C@@H]2CCCc3ccccc32)CCSC1. The monoisotopic (exact) mass is 300 g/mol. The fourth-order valence-corrected chi connectivity index (χ4v) is 4.65. The summed E-state index contributed by atoms with van der Waals surface area (Å²) in [5.74, 6) is 2.01. The third-order valence-corrected chi connectivity index (χ3v) is 5.73. The molecule has 1 aliphatic heterocycles. The number of rotatable bonds is 3. The summed E-state index contributed by atoms with van der Waals surface area (Å²) in [5, 5.41) is 12.4. The first kappa shape index (κ1) is 14.5. The third-order valence-electron chi connectivity index (χ3n) is 4.54. The Morgan fingerprint density at radius 3 is 3.10 bits per heavy atom. The first-order chi connectivity index (χ1) is 10.2. The van der Waals surface area contributed by atoms with Crippen LogP contribution < -0.4 is 5.32 Å². The number of carbonyl (C=O) groups is 1. The summed E-state index contributed by atoms with van der Waals surface area (Å²) in [4.78, 5) is 12.4. The Labute approximate surface area is 130 Å². The van der Waals surface area contributed by atoms with E-state index in [4.69, 9.17) is 0 Å². The van der Waals surface area contributed by atoms with Crippen LogP contribution in [0.4, 0.5) is 0 Å². The summed E-state index contributed by atoms with van der Waals surface area (Å²) in [6, 6.07) is 10.8. The molecular formula is C17H20N2OS. The van der Waals surface area contributed by atoms with Gasteiger partial charge in [-0.1, -0.05) is 24.3 Å². The van der Waals surface area contributed by atoms with Crippen molar-refractivity contribution >= 4 is 17.7 Å². The lowest BCUT2D eigenvalue weighted by Gasteiger charge is -2.27. The molecule has 1 aliphatic carbocycles. The van der Waals surface area contributed by atoms with E-state index in [0.717, 1.165) is 37.2 Å². The Balaban J connectivity index is 1.67. The zero-order chi connectivity index (χ0) is 14.7. The van der Waals surface area contributed by atoms with E-state index in [1.807, 2.05) is 0 Å². The predicted octanol–water partition coefficient (Wildman–Crippen LogP) is 3.01. The molecule has 1 fully saturated rings. The summed E-state index contributed by atoms with van der Waals surface area (Å²) in [5.41, 5.74) is 2.08.